The normalized spacial score (nSPS) is 11.7. The summed E-state index contributed by atoms with van der Waals surface area (Å²) in [6.07, 6.45) is 95.1. The van der Waals surface area contributed by atoms with Gasteiger partial charge < -0.3 is 26.6 Å². The van der Waals surface area contributed by atoms with Crippen LogP contribution in [0.25, 0.3) is 0 Å². The second-order valence-electron chi connectivity index (χ2n) is 27.9. The highest BCUT2D eigenvalue weighted by molar-refractivity contribution is 4.64. The van der Waals surface area contributed by atoms with Crippen molar-refractivity contribution in [1.82, 2.24) is 15.1 Å². The Morgan fingerprint density at radius 2 is 0.306 bits per heavy atom. The van der Waals surface area contributed by atoms with Gasteiger partial charge in [0.1, 0.15) is 0 Å². The van der Waals surface area contributed by atoms with Crippen LogP contribution in [0.3, 0.4) is 0 Å². The zero-order valence-corrected chi connectivity index (χ0v) is 60.3. The lowest BCUT2D eigenvalue weighted by Gasteiger charge is -2.22. The number of hydrogen-bond acceptors (Lipinski definition) is 5. The van der Waals surface area contributed by atoms with Crippen molar-refractivity contribution in [2.24, 2.45) is 11.5 Å². The fourth-order valence-electron chi connectivity index (χ4n) is 13.1. The molecule has 0 amide bonds. The predicted molar refractivity (Wildman–Crippen MR) is 391 cm³/mol. The van der Waals surface area contributed by atoms with Crippen LogP contribution in [0.4, 0.5) is 0 Å². The summed E-state index contributed by atoms with van der Waals surface area (Å²) in [5.41, 5.74) is 11.5. The second-order valence-corrected chi connectivity index (χ2v) is 27.9. The van der Waals surface area contributed by atoms with E-state index in [0.717, 1.165) is 39.0 Å². The molecule has 0 spiro atoms. The van der Waals surface area contributed by atoms with Crippen LogP contribution in [0.1, 0.15) is 451 Å². The maximum absolute atomic E-state index is 5.83. The zero-order valence-electron chi connectivity index (χ0n) is 60.3. The quantitative estimate of drug-likeness (QED) is 0.0530. The molecule has 85 heavy (non-hydrogen) atoms. The average Bonchev–Trinajstić information content (AvgIpc) is 3.51. The van der Waals surface area contributed by atoms with Crippen molar-refractivity contribution < 1.29 is 0 Å². The van der Waals surface area contributed by atoms with E-state index in [1.54, 1.807) is 0 Å². The van der Waals surface area contributed by atoms with E-state index < -0.39 is 0 Å². The van der Waals surface area contributed by atoms with E-state index in [1.807, 2.05) is 0 Å². The lowest BCUT2D eigenvalue weighted by Crippen LogP contribution is -2.30. The summed E-state index contributed by atoms with van der Waals surface area (Å²) in [7, 11) is 0. The number of rotatable bonds is 77. The highest BCUT2D eigenvalue weighted by atomic mass is 15.1. The molecule has 0 aromatic heterocycles. The second kappa shape index (κ2) is 83.8. The van der Waals surface area contributed by atoms with Crippen LogP contribution in [-0.2, 0) is 0 Å². The molecular weight excluding hydrogens is 1030 g/mol. The van der Waals surface area contributed by atoms with E-state index in [9.17, 15) is 0 Å². The lowest BCUT2D eigenvalue weighted by molar-refractivity contribution is 0.256. The van der Waals surface area contributed by atoms with Gasteiger partial charge in [0.05, 0.1) is 0 Å². The molecule has 0 atom stereocenters. The van der Waals surface area contributed by atoms with Gasteiger partial charge in [-0.05, 0) is 110 Å². The molecule has 0 fully saturated rings. The van der Waals surface area contributed by atoms with Crippen molar-refractivity contribution in [3.8, 4) is 0 Å². The van der Waals surface area contributed by atoms with Gasteiger partial charge >= 0.3 is 0 Å². The van der Waals surface area contributed by atoms with Crippen LogP contribution in [0.15, 0.2) is 0 Å². The summed E-state index contributed by atoms with van der Waals surface area (Å²) >= 11 is 0. The van der Waals surface area contributed by atoms with E-state index in [-0.39, 0.29) is 0 Å². The van der Waals surface area contributed by atoms with Gasteiger partial charge in [0, 0.05) is 0 Å². The van der Waals surface area contributed by atoms with E-state index in [2.05, 4.69) is 42.8 Å². The molecule has 514 valence electrons. The molecule has 0 rings (SSSR count). The minimum atomic E-state index is 0.803. The Labute approximate surface area is 540 Å². The van der Waals surface area contributed by atoms with Crippen LogP contribution in [0.2, 0.25) is 0 Å². The Bertz CT molecular complexity index is 1050. The molecule has 0 aliphatic carbocycles. The van der Waals surface area contributed by atoms with Gasteiger partial charge in [-0.25, -0.2) is 0 Å². The minimum Gasteiger partial charge on any atom is -0.330 e. The first-order valence-corrected chi connectivity index (χ1v) is 40.7. The first-order chi connectivity index (χ1) is 42.2. The molecule has 0 bridgehead atoms. The summed E-state index contributed by atoms with van der Waals surface area (Å²) < 4.78 is 0. The Kier molecular flexibility index (Phi) is 85.6. The Balaban J connectivity index is 0. The van der Waals surface area contributed by atoms with Gasteiger partial charge in [-0.3, -0.25) is 0 Å². The average molecular weight is 1200 g/mol. The van der Waals surface area contributed by atoms with Crippen LogP contribution in [0, 0.1) is 0 Å². The summed E-state index contributed by atoms with van der Waals surface area (Å²) in [6.45, 7) is 20.8. The summed E-state index contributed by atoms with van der Waals surface area (Å²) in [5.74, 6) is 0. The van der Waals surface area contributed by atoms with Crippen molar-refractivity contribution in [3.63, 3.8) is 0 Å². The molecule has 0 saturated carbocycles. The molecule has 0 radical (unpaired) electrons. The van der Waals surface area contributed by atoms with Crippen molar-refractivity contribution in [2.75, 3.05) is 65.4 Å². The molecule has 5 nitrogen and oxygen atoms in total. The number of nitrogens with two attached hydrogens (primary N) is 2. The summed E-state index contributed by atoms with van der Waals surface area (Å²) in [4.78, 5) is 5.51. The van der Waals surface area contributed by atoms with Crippen molar-refractivity contribution >= 4 is 0 Å². The first-order valence-electron chi connectivity index (χ1n) is 40.7. The Hall–Kier alpha value is -0.200. The molecule has 5 N–H and O–H groups in total. The topological polar surface area (TPSA) is 70.5 Å². The fraction of sp³-hybridized carbons (Fsp3) is 1.00. The van der Waals surface area contributed by atoms with Crippen LogP contribution < -0.4 is 16.8 Å². The van der Waals surface area contributed by atoms with Crippen LogP contribution in [-0.4, -0.2) is 75.2 Å². The molecular formula is C80H169N5. The van der Waals surface area contributed by atoms with Gasteiger partial charge in [0.15, 0.2) is 0 Å². The standard InChI is InChI=1S/C41H87N3.C39H82N2/c1-3-5-7-9-11-13-15-17-19-21-23-25-27-29-31-33-40-44(41-35-38-43-37-34-36-42)39-32-30-28-26-24-22-20-18-16-14-12-10-8-6-4-2;1-3-5-7-9-11-13-15-17-19-21-23-25-27-29-31-33-37-41(39-35-36-40)38-34-32-30-28-26-24-22-20-18-16-14-12-10-8-6-4-2/h43H,3-42H2,1-2H3;3-40H2,1-2H3. The molecule has 0 saturated heterocycles. The van der Waals surface area contributed by atoms with Crippen LogP contribution >= 0.6 is 0 Å². The smallest absolute Gasteiger partial charge is 0.000664 e. The molecule has 0 unspecified atom stereocenters. The van der Waals surface area contributed by atoms with E-state index in [4.69, 9.17) is 11.5 Å². The van der Waals surface area contributed by atoms with Gasteiger partial charge in [0.25, 0.3) is 0 Å². The van der Waals surface area contributed by atoms with E-state index in [1.165, 1.54) is 450 Å². The highest BCUT2D eigenvalue weighted by Gasteiger charge is 2.07. The Morgan fingerprint density at radius 3 is 0.482 bits per heavy atom. The number of hydrogen-bond donors (Lipinski definition) is 3. The number of nitrogens with one attached hydrogen (secondary N) is 1. The highest BCUT2D eigenvalue weighted by Crippen LogP contribution is 2.19. The van der Waals surface area contributed by atoms with Gasteiger partial charge in [-0.15, -0.1) is 0 Å². The first kappa shape index (κ1) is 86.9. The summed E-state index contributed by atoms with van der Waals surface area (Å²) in [5, 5.41) is 3.58. The molecule has 0 aliphatic heterocycles. The SMILES string of the molecule is CCCCCCCCCCCCCCCCCCN(CCCCCCCCCCCCCCCCC)CCCNCCCN.CCCCCCCCCCCCCCCCCCN(CCCN)CCCCCCCCCCCCCCCCCC. The minimum absolute atomic E-state index is 0.803. The third kappa shape index (κ3) is 81.8. The fourth-order valence-corrected chi connectivity index (χ4v) is 13.1. The predicted octanol–water partition coefficient (Wildman–Crippen LogP) is 25.9. The van der Waals surface area contributed by atoms with Gasteiger partial charge in [-0.1, -0.05) is 407 Å². The third-order valence-corrected chi connectivity index (χ3v) is 19.1. The van der Waals surface area contributed by atoms with E-state index >= 15 is 0 Å². The monoisotopic (exact) mass is 1200 g/mol. The number of unbranched alkanes of at least 4 members (excludes halogenated alkanes) is 59. The largest absolute Gasteiger partial charge is 0.330 e. The maximum Gasteiger partial charge on any atom is -0.000664 e. The maximum atomic E-state index is 5.83. The Morgan fingerprint density at radius 1 is 0.165 bits per heavy atom. The third-order valence-electron chi connectivity index (χ3n) is 19.1. The van der Waals surface area contributed by atoms with Crippen LogP contribution in [0.5, 0.6) is 0 Å². The van der Waals surface area contributed by atoms with Crippen molar-refractivity contribution in [3.05, 3.63) is 0 Å². The lowest BCUT2D eigenvalue weighted by atomic mass is 10.0. The van der Waals surface area contributed by atoms with Crippen molar-refractivity contribution in [1.29, 1.82) is 0 Å². The zero-order chi connectivity index (χ0) is 61.6. The molecule has 0 aliphatic rings. The molecule has 0 aromatic carbocycles. The molecule has 0 aromatic rings. The van der Waals surface area contributed by atoms with Crippen molar-refractivity contribution in [2.45, 2.75) is 451 Å². The molecule has 5 heteroatoms. The number of nitrogens with zero attached hydrogens (tertiary/aromatic N) is 2. The molecule has 0 heterocycles. The van der Waals surface area contributed by atoms with Gasteiger partial charge in [-0.2, -0.15) is 0 Å². The van der Waals surface area contributed by atoms with Gasteiger partial charge in [0.2, 0.25) is 0 Å². The van der Waals surface area contributed by atoms with E-state index in [0.29, 0.717) is 0 Å². The summed E-state index contributed by atoms with van der Waals surface area (Å²) in [6, 6.07) is 0.